The summed E-state index contributed by atoms with van der Waals surface area (Å²) >= 11 is 0. The summed E-state index contributed by atoms with van der Waals surface area (Å²) in [7, 11) is 0. The van der Waals surface area contributed by atoms with Crippen LogP contribution in [0.15, 0.2) is 12.1 Å². The largest absolute Gasteiger partial charge is 0.485 e. The summed E-state index contributed by atoms with van der Waals surface area (Å²) in [6, 6.07) is 2.68. The van der Waals surface area contributed by atoms with Crippen molar-refractivity contribution in [1.82, 2.24) is 5.32 Å². The van der Waals surface area contributed by atoms with E-state index in [1.807, 2.05) is 13.8 Å². The number of rotatable bonds is 8. The first-order chi connectivity index (χ1) is 9.43. The molecule has 1 aromatic rings. The van der Waals surface area contributed by atoms with Crippen LogP contribution >= 0.6 is 0 Å². The van der Waals surface area contributed by atoms with Gasteiger partial charge in [-0.1, -0.05) is 27.2 Å². The first kappa shape index (κ1) is 16.9. The van der Waals surface area contributed by atoms with E-state index in [1.54, 1.807) is 0 Å². The summed E-state index contributed by atoms with van der Waals surface area (Å²) < 4.78 is 33.2. The van der Waals surface area contributed by atoms with E-state index in [0.29, 0.717) is 18.0 Å². The van der Waals surface area contributed by atoms with Crippen molar-refractivity contribution in [2.45, 2.75) is 53.2 Å². The van der Waals surface area contributed by atoms with Crippen molar-refractivity contribution >= 4 is 0 Å². The second-order valence-corrected chi connectivity index (χ2v) is 5.63. The Bertz CT molecular complexity index is 398. The van der Waals surface area contributed by atoms with Gasteiger partial charge in [0, 0.05) is 6.54 Å². The molecule has 0 aromatic heterocycles. The summed E-state index contributed by atoms with van der Waals surface area (Å²) in [5, 5.41) is 3.16. The number of nitrogens with one attached hydrogen (secondary N) is 1. The third-order valence-electron chi connectivity index (χ3n) is 2.95. The molecule has 0 saturated heterocycles. The van der Waals surface area contributed by atoms with Gasteiger partial charge in [-0.25, -0.2) is 8.78 Å². The van der Waals surface area contributed by atoms with Gasteiger partial charge in [0.25, 0.3) is 0 Å². The van der Waals surface area contributed by atoms with Gasteiger partial charge in [0.15, 0.2) is 17.4 Å². The Balaban J connectivity index is 2.70. The maximum absolute atomic E-state index is 13.9. The minimum Gasteiger partial charge on any atom is -0.485 e. The fourth-order valence-electron chi connectivity index (χ4n) is 2.00. The summed E-state index contributed by atoms with van der Waals surface area (Å²) in [5.74, 6) is -1.02. The quantitative estimate of drug-likeness (QED) is 0.770. The lowest BCUT2D eigenvalue weighted by atomic mass is 10.1. The highest BCUT2D eigenvalue weighted by molar-refractivity contribution is 5.31. The van der Waals surface area contributed by atoms with E-state index in [-0.39, 0.29) is 11.9 Å². The minimum absolute atomic E-state index is 0.186. The van der Waals surface area contributed by atoms with Gasteiger partial charge >= 0.3 is 0 Å². The summed E-state index contributed by atoms with van der Waals surface area (Å²) in [6.45, 7) is 9.27. The van der Waals surface area contributed by atoms with Gasteiger partial charge in [0.2, 0.25) is 0 Å². The van der Waals surface area contributed by atoms with E-state index in [2.05, 4.69) is 19.2 Å². The Labute approximate surface area is 120 Å². The molecule has 0 bridgehead atoms. The molecule has 1 atom stereocenters. The molecule has 0 aliphatic carbocycles. The fourth-order valence-corrected chi connectivity index (χ4v) is 2.00. The van der Waals surface area contributed by atoms with E-state index < -0.39 is 11.6 Å². The standard InChI is InChI=1S/C16H25F2NO/c1-5-6-12(4)20-16-14(17)7-13(8-15(16)18)10-19-9-11(2)3/h7-8,11-12,19H,5-6,9-10H2,1-4H3. The Hall–Kier alpha value is -1.16. The van der Waals surface area contributed by atoms with Crippen LogP contribution in [0.5, 0.6) is 5.75 Å². The van der Waals surface area contributed by atoms with Crippen LogP contribution < -0.4 is 10.1 Å². The monoisotopic (exact) mass is 285 g/mol. The number of halogens is 2. The molecule has 114 valence electrons. The van der Waals surface area contributed by atoms with Gasteiger partial charge in [-0.05, 0) is 43.5 Å². The zero-order valence-corrected chi connectivity index (χ0v) is 12.8. The van der Waals surface area contributed by atoms with E-state index in [0.717, 1.165) is 19.4 Å². The van der Waals surface area contributed by atoms with Crippen LogP contribution in [-0.4, -0.2) is 12.6 Å². The predicted octanol–water partition coefficient (Wildman–Crippen LogP) is 4.28. The first-order valence-electron chi connectivity index (χ1n) is 7.29. The van der Waals surface area contributed by atoms with E-state index in [4.69, 9.17) is 4.74 Å². The zero-order chi connectivity index (χ0) is 15.1. The molecule has 1 aromatic carbocycles. The van der Waals surface area contributed by atoms with Gasteiger partial charge < -0.3 is 10.1 Å². The molecule has 1 N–H and O–H groups in total. The second kappa shape index (κ2) is 8.20. The molecule has 4 heteroatoms. The van der Waals surface area contributed by atoms with Crippen LogP contribution in [-0.2, 0) is 6.54 Å². The summed E-state index contributed by atoms with van der Waals surface area (Å²) in [6.07, 6.45) is 1.51. The molecule has 0 radical (unpaired) electrons. The van der Waals surface area contributed by atoms with Crippen molar-refractivity contribution in [3.8, 4) is 5.75 Å². The molecule has 1 unspecified atom stereocenters. The van der Waals surface area contributed by atoms with Gasteiger partial charge in [0.1, 0.15) is 0 Å². The fraction of sp³-hybridized carbons (Fsp3) is 0.625. The number of hydrogen-bond donors (Lipinski definition) is 1. The van der Waals surface area contributed by atoms with Crippen molar-refractivity contribution in [1.29, 1.82) is 0 Å². The van der Waals surface area contributed by atoms with Crippen LogP contribution in [0, 0.1) is 17.6 Å². The van der Waals surface area contributed by atoms with Crippen molar-refractivity contribution in [3.05, 3.63) is 29.3 Å². The van der Waals surface area contributed by atoms with Crippen LogP contribution in [0.25, 0.3) is 0 Å². The molecule has 0 aliphatic heterocycles. The number of ether oxygens (including phenoxy) is 1. The van der Waals surface area contributed by atoms with Crippen molar-refractivity contribution in [3.63, 3.8) is 0 Å². The highest BCUT2D eigenvalue weighted by atomic mass is 19.1. The molecule has 1 rings (SSSR count). The van der Waals surface area contributed by atoms with Gasteiger partial charge in [0.05, 0.1) is 6.10 Å². The van der Waals surface area contributed by atoms with Crippen LogP contribution in [0.3, 0.4) is 0 Å². The third-order valence-corrected chi connectivity index (χ3v) is 2.95. The lowest BCUT2D eigenvalue weighted by Gasteiger charge is -2.16. The third kappa shape index (κ3) is 5.45. The lowest BCUT2D eigenvalue weighted by molar-refractivity contribution is 0.191. The molecule has 0 amide bonds. The average Bonchev–Trinajstić information content (AvgIpc) is 2.34. The minimum atomic E-state index is -0.630. The van der Waals surface area contributed by atoms with Gasteiger partial charge in [-0.3, -0.25) is 0 Å². The summed E-state index contributed by atoms with van der Waals surface area (Å²) in [5.41, 5.74) is 0.594. The van der Waals surface area contributed by atoms with Crippen molar-refractivity contribution < 1.29 is 13.5 Å². The molecular formula is C16H25F2NO. The van der Waals surface area contributed by atoms with E-state index >= 15 is 0 Å². The molecule has 0 fully saturated rings. The molecule has 20 heavy (non-hydrogen) atoms. The Morgan fingerprint density at radius 3 is 2.25 bits per heavy atom. The molecule has 2 nitrogen and oxygen atoms in total. The number of hydrogen-bond acceptors (Lipinski definition) is 2. The van der Waals surface area contributed by atoms with Gasteiger partial charge in [-0.15, -0.1) is 0 Å². The molecule has 0 aliphatic rings. The normalized spacial score (nSPS) is 12.8. The van der Waals surface area contributed by atoms with Crippen molar-refractivity contribution in [2.75, 3.05) is 6.54 Å². The highest BCUT2D eigenvalue weighted by Crippen LogP contribution is 2.25. The van der Waals surface area contributed by atoms with Crippen molar-refractivity contribution in [2.24, 2.45) is 5.92 Å². The topological polar surface area (TPSA) is 21.3 Å². The van der Waals surface area contributed by atoms with Gasteiger partial charge in [-0.2, -0.15) is 0 Å². The van der Waals surface area contributed by atoms with Crippen LogP contribution in [0.2, 0.25) is 0 Å². The van der Waals surface area contributed by atoms with Crippen LogP contribution in [0.4, 0.5) is 8.78 Å². The highest BCUT2D eigenvalue weighted by Gasteiger charge is 2.15. The first-order valence-corrected chi connectivity index (χ1v) is 7.29. The zero-order valence-electron chi connectivity index (χ0n) is 12.8. The molecule has 0 spiro atoms. The van der Waals surface area contributed by atoms with E-state index in [9.17, 15) is 8.78 Å². The lowest BCUT2D eigenvalue weighted by Crippen LogP contribution is -2.19. The predicted molar refractivity (Wildman–Crippen MR) is 77.9 cm³/mol. The average molecular weight is 285 g/mol. The Morgan fingerprint density at radius 1 is 1.15 bits per heavy atom. The SMILES string of the molecule is CCCC(C)Oc1c(F)cc(CNCC(C)C)cc1F. The molecule has 0 heterocycles. The van der Waals surface area contributed by atoms with Crippen LogP contribution in [0.1, 0.15) is 46.1 Å². The maximum atomic E-state index is 13.9. The Kier molecular flexibility index (Phi) is 6.93. The molecular weight excluding hydrogens is 260 g/mol. The smallest absolute Gasteiger partial charge is 0.191 e. The summed E-state index contributed by atoms with van der Waals surface area (Å²) in [4.78, 5) is 0. The second-order valence-electron chi connectivity index (χ2n) is 5.63. The Morgan fingerprint density at radius 2 is 1.75 bits per heavy atom. The van der Waals surface area contributed by atoms with E-state index in [1.165, 1.54) is 12.1 Å². The maximum Gasteiger partial charge on any atom is 0.191 e. The number of benzene rings is 1. The molecule has 0 saturated carbocycles.